The van der Waals surface area contributed by atoms with Crippen LogP contribution in [0.1, 0.15) is 33.7 Å². The molecule has 0 aliphatic carbocycles. The summed E-state index contributed by atoms with van der Waals surface area (Å²) in [7, 11) is 0. The first-order valence-corrected chi connectivity index (χ1v) is 8.50. The summed E-state index contributed by atoms with van der Waals surface area (Å²) in [6.45, 7) is 4.17. The van der Waals surface area contributed by atoms with E-state index in [2.05, 4.69) is 21.2 Å². The number of carbonyl (C=O) groups excluding carboxylic acids is 2. The van der Waals surface area contributed by atoms with Crippen molar-refractivity contribution in [2.45, 2.75) is 26.7 Å². The van der Waals surface area contributed by atoms with Crippen LogP contribution in [0.3, 0.4) is 0 Å². The highest BCUT2D eigenvalue weighted by Gasteiger charge is 2.16. The van der Waals surface area contributed by atoms with Crippen LogP contribution >= 0.6 is 15.9 Å². The predicted molar refractivity (Wildman–Crippen MR) is 93.9 cm³/mol. The summed E-state index contributed by atoms with van der Waals surface area (Å²) in [5.41, 5.74) is 3.03. The molecule has 2 aromatic rings. The van der Waals surface area contributed by atoms with Crippen LogP contribution in [0.5, 0.6) is 0 Å². The predicted octanol–water partition coefficient (Wildman–Crippen LogP) is 3.56. The smallest absolute Gasteiger partial charge is 0.374 e. The van der Waals surface area contributed by atoms with Gasteiger partial charge in [-0.15, -0.1) is 0 Å². The molecule has 1 amide bonds. The number of aryl methyl sites for hydroxylation is 3. The fourth-order valence-electron chi connectivity index (χ4n) is 2.15. The molecule has 0 fully saturated rings. The minimum Gasteiger partial charge on any atom is -0.458 e. The maximum atomic E-state index is 11.8. The van der Waals surface area contributed by atoms with Gasteiger partial charge >= 0.3 is 5.97 Å². The van der Waals surface area contributed by atoms with Crippen LogP contribution in [0.25, 0.3) is 0 Å². The van der Waals surface area contributed by atoms with E-state index in [1.54, 1.807) is 13.0 Å². The Morgan fingerprint density at radius 2 is 1.92 bits per heavy atom. The third-order valence-corrected chi connectivity index (χ3v) is 3.88. The maximum absolute atomic E-state index is 11.8. The van der Waals surface area contributed by atoms with Crippen molar-refractivity contribution in [2.75, 3.05) is 13.2 Å². The summed E-state index contributed by atoms with van der Waals surface area (Å²) in [5.74, 6) is -0.428. The molecule has 2 rings (SSSR count). The second-order valence-electron chi connectivity index (χ2n) is 5.53. The Labute approximate surface area is 149 Å². The molecule has 6 heteroatoms. The van der Waals surface area contributed by atoms with Crippen molar-refractivity contribution in [3.05, 3.63) is 57.5 Å². The number of benzene rings is 1. The molecular formula is C18H20BrNO4. The lowest BCUT2D eigenvalue weighted by molar-refractivity contribution is -0.121. The van der Waals surface area contributed by atoms with Gasteiger partial charge in [0.05, 0.1) is 6.54 Å². The number of rotatable bonds is 7. The molecule has 0 bridgehead atoms. The Morgan fingerprint density at radius 3 is 2.54 bits per heavy atom. The summed E-state index contributed by atoms with van der Waals surface area (Å²) in [6.07, 6.45) is 1.09. The van der Waals surface area contributed by atoms with Crippen LogP contribution in [0.4, 0.5) is 0 Å². The zero-order valence-electron chi connectivity index (χ0n) is 13.7. The number of hydrogen-bond donors (Lipinski definition) is 1. The molecule has 1 aromatic heterocycles. The first-order valence-electron chi connectivity index (χ1n) is 7.71. The fraction of sp³-hybridized carbons (Fsp3) is 0.333. The third-order valence-electron chi connectivity index (χ3n) is 3.49. The van der Waals surface area contributed by atoms with E-state index in [9.17, 15) is 9.59 Å². The van der Waals surface area contributed by atoms with Crippen molar-refractivity contribution in [3.63, 3.8) is 0 Å². The van der Waals surface area contributed by atoms with Gasteiger partial charge < -0.3 is 14.5 Å². The SMILES string of the molecule is Cc1ccc(CCC(=O)NCCOC(=O)c2oc(Br)cc2C)cc1. The molecule has 0 unspecified atom stereocenters. The maximum Gasteiger partial charge on any atom is 0.374 e. The Balaban J connectivity index is 1.64. The van der Waals surface area contributed by atoms with Crippen LogP contribution in [0, 0.1) is 13.8 Å². The number of halogens is 1. The zero-order valence-corrected chi connectivity index (χ0v) is 15.3. The quantitative estimate of drug-likeness (QED) is 0.576. The van der Waals surface area contributed by atoms with Crippen LogP contribution in [0.2, 0.25) is 0 Å². The number of nitrogens with one attached hydrogen (secondary N) is 1. The highest BCUT2D eigenvalue weighted by Crippen LogP contribution is 2.20. The van der Waals surface area contributed by atoms with Crippen molar-refractivity contribution >= 4 is 27.8 Å². The topological polar surface area (TPSA) is 68.5 Å². The van der Waals surface area contributed by atoms with Gasteiger partial charge in [0.1, 0.15) is 6.61 Å². The number of hydrogen-bond acceptors (Lipinski definition) is 4. The van der Waals surface area contributed by atoms with E-state index in [1.807, 2.05) is 31.2 Å². The second kappa shape index (κ2) is 8.68. The van der Waals surface area contributed by atoms with Gasteiger partial charge in [-0.2, -0.15) is 0 Å². The van der Waals surface area contributed by atoms with Crippen LogP contribution < -0.4 is 5.32 Å². The second-order valence-corrected chi connectivity index (χ2v) is 6.32. The Morgan fingerprint density at radius 1 is 1.21 bits per heavy atom. The van der Waals surface area contributed by atoms with E-state index in [4.69, 9.17) is 9.15 Å². The Bertz CT molecular complexity index is 706. The molecule has 1 N–H and O–H groups in total. The molecule has 1 heterocycles. The lowest BCUT2D eigenvalue weighted by Crippen LogP contribution is -2.28. The molecule has 0 aliphatic rings. The normalized spacial score (nSPS) is 10.5. The minimum atomic E-state index is -0.535. The number of carbonyl (C=O) groups is 2. The monoisotopic (exact) mass is 393 g/mol. The van der Waals surface area contributed by atoms with E-state index < -0.39 is 5.97 Å². The van der Waals surface area contributed by atoms with Gasteiger partial charge in [0.15, 0.2) is 4.67 Å². The van der Waals surface area contributed by atoms with E-state index >= 15 is 0 Å². The number of ether oxygens (including phenoxy) is 1. The van der Waals surface area contributed by atoms with E-state index in [0.29, 0.717) is 23.1 Å². The molecule has 0 aliphatic heterocycles. The largest absolute Gasteiger partial charge is 0.458 e. The number of amides is 1. The average molecular weight is 394 g/mol. The van der Waals surface area contributed by atoms with Crippen molar-refractivity contribution in [2.24, 2.45) is 0 Å². The fourth-order valence-corrected chi connectivity index (χ4v) is 2.65. The van der Waals surface area contributed by atoms with E-state index in [1.165, 1.54) is 5.56 Å². The third kappa shape index (κ3) is 5.53. The minimum absolute atomic E-state index is 0.0662. The first-order chi connectivity index (χ1) is 11.5. The molecule has 5 nitrogen and oxygen atoms in total. The van der Waals surface area contributed by atoms with Crippen LogP contribution in [-0.2, 0) is 16.0 Å². The van der Waals surface area contributed by atoms with Gasteiger partial charge in [0, 0.05) is 12.0 Å². The Kier molecular flexibility index (Phi) is 6.61. The summed E-state index contributed by atoms with van der Waals surface area (Å²) < 4.78 is 10.8. The summed E-state index contributed by atoms with van der Waals surface area (Å²) in [4.78, 5) is 23.6. The van der Waals surface area contributed by atoms with Crippen molar-refractivity contribution in [1.82, 2.24) is 5.32 Å². The lowest BCUT2D eigenvalue weighted by atomic mass is 10.1. The molecule has 0 atom stereocenters. The first kappa shape index (κ1) is 18.3. The van der Waals surface area contributed by atoms with Crippen molar-refractivity contribution < 1.29 is 18.7 Å². The van der Waals surface area contributed by atoms with Gasteiger partial charge in [-0.3, -0.25) is 4.79 Å². The highest BCUT2D eigenvalue weighted by atomic mass is 79.9. The van der Waals surface area contributed by atoms with Gasteiger partial charge in [-0.25, -0.2) is 4.79 Å². The average Bonchev–Trinajstić information content (AvgIpc) is 2.89. The van der Waals surface area contributed by atoms with Crippen molar-refractivity contribution in [3.8, 4) is 0 Å². The lowest BCUT2D eigenvalue weighted by Gasteiger charge is -2.06. The van der Waals surface area contributed by atoms with Gasteiger partial charge in [0.25, 0.3) is 0 Å². The molecule has 128 valence electrons. The van der Waals surface area contributed by atoms with E-state index in [0.717, 1.165) is 5.56 Å². The molecule has 0 saturated heterocycles. The van der Waals surface area contributed by atoms with Crippen LogP contribution in [-0.4, -0.2) is 25.0 Å². The highest BCUT2D eigenvalue weighted by molar-refractivity contribution is 9.10. The zero-order chi connectivity index (χ0) is 17.5. The standard InChI is InChI=1S/C18H20BrNO4/c1-12-3-5-14(6-4-12)7-8-16(21)20-9-10-23-18(22)17-13(2)11-15(19)24-17/h3-6,11H,7-10H2,1-2H3,(H,20,21). The summed E-state index contributed by atoms with van der Waals surface area (Å²) in [6, 6.07) is 9.80. The molecule has 0 spiro atoms. The van der Waals surface area contributed by atoms with Gasteiger partial charge in [0.2, 0.25) is 11.7 Å². The Hall–Kier alpha value is -2.08. The van der Waals surface area contributed by atoms with Gasteiger partial charge in [-0.1, -0.05) is 29.8 Å². The van der Waals surface area contributed by atoms with E-state index in [-0.39, 0.29) is 24.8 Å². The van der Waals surface area contributed by atoms with Crippen LogP contribution in [0.15, 0.2) is 39.4 Å². The summed E-state index contributed by atoms with van der Waals surface area (Å²) in [5, 5.41) is 2.73. The molecule has 0 radical (unpaired) electrons. The number of esters is 1. The van der Waals surface area contributed by atoms with Crippen molar-refractivity contribution in [1.29, 1.82) is 0 Å². The molecule has 0 saturated carbocycles. The summed E-state index contributed by atoms with van der Waals surface area (Å²) >= 11 is 3.16. The number of furan rings is 1. The molecule has 1 aromatic carbocycles. The van der Waals surface area contributed by atoms with Gasteiger partial charge in [-0.05, 0) is 47.8 Å². The molecular weight excluding hydrogens is 374 g/mol. The molecule has 24 heavy (non-hydrogen) atoms.